The maximum atomic E-state index is 10.9. The molecule has 1 aromatic heterocycles. The molecule has 1 saturated heterocycles. The minimum Gasteiger partial charge on any atom is -0.351 e. The second-order valence-corrected chi connectivity index (χ2v) is 7.40. The first-order valence-electron chi connectivity index (χ1n) is 7.93. The molecule has 0 saturated carbocycles. The van der Waals surface area contributed by atoms with Gasteiger partial charge in [0.2, 0.25) is 5.91 Å². The Bertz CT molecular complexity index is 709. The number of nitrogens with one attached hydrogen (secondary N) is 2. The van der Waals surface area contributed by atoms with Crippen LogP contribution < -0.4 is 15.1 Å². The molecule has 0 unspecified atom stereocenters. The minimum absolute atomic E-state index is 0.0477. The lowest BCUT2D eigenvalue weighted by Crippen LogP contribution is -3.15. The van der Waals surface area contributed by atoms with Gasteiger partial charge in [-0.05, 0) is 24.6 Å². The Kier molecular flexibility index (Phi) is 5.04. The molecule has 3 rings (SSSR count). The van der Waals surface area contributed by atoms with Crippen molar-refractivity contribution in [1.82, 2.24) is 10.3 Å². The highest BCUT2D eigenvalue weighted by molar-refractivity contribution is 7.22. The fourth-order valence-corrected chi connectivity index (χ4v) is 4.13. The van der Waals surface area contributed by atoms with E-state index in [1.54, 1.807) is 18.3 Å². The summed E-state index contributed by atoms with van der Waals surface area (Å²) in [5.41, 5.74) is 2.09. The number of hydrogen-bond donors (Lipinski definition) is 2. The zero-order valence-electron chi connectivity index (χ0n) is 13.5. The van der Waals surface area contributed by atoms with Crippen molar-refractivity contribution in [2.45, 2.75) is 13.8 Å². The highest BCUT2D eigenvalue weighted by Gasteiger charge is 2.22. The Morgan fingerprint density at radius 2 is 2.17 bits per heavy atom. The van der Waals surface area contributed by atoms with Crippen molar-refractivity contribution >= 4 is 44.2 Å². The summed E-state index contributed by atoms with van der Waals surface area (Å²) in [4.78, 5) is 19.6. The molecular weight excluding hydrogens is 332 g/mol. The lowest BCUT2D eigenvalue weighted by atomic mass is 10.2. The van der Waals surface area contributed by atoms with E-state index in [1.807, 2.05) is 13.0 Å². The van der Waals surface area contributed by atoms with Gasteiger partial charge in [-0.1, -0.05) is 22.9 Å². The molecule has 0 aliphatic carbocycles. The topological polar surface area (TPSA) is 49.7 Å². The lowest BCUT2D eigenvalue weighted by Gasteiger charge is -2.31. The summed E-state index contributed by atoms with van der Waals surface area (Å²) in [7, 11) is 0. The van der Waals surface area contributed by atoms with Crippen molar-refractivity contribution in [2.24, 2.45) is 0 Å². The van der Waals surface area contributed by atoms with Crippen molar-refractivity contribution in [1.29, 1.82) is 0 Å². The molecule has 0 spiro atoms. The largest absolute Gasteiger partial charge is 0.351 e. The highest BCUT2D eigenvalue weighted by Crippen LogP contribution is 2.33. The van der Waals surface area contributed by atoms with Crippen LogP contribution in [0.4, 0.5) is 5.13 Å². The van der Waals surface area contributed by atoms with Gasteiger partial charge in [0.15, 0.2) is 5.13 Å². The molecular formula is C16H22ClN4OS+. The van der Waals surface area contributed by atoms with Gasteiger partial charge in [0.05, 0.1) is 49.5 Å². The summed E-state index contributed by atoms with van der Waals surface area (Å²) in [5.74, 6) is 0.0477. The Labute approximate surface area is 145 Å². The van der Waals surface area contributed by atoms with Crippen molar-refractivity contribution in [3.05, 3.63) is 22.7 Å². The van der Waals surface area contributed by atoms with Crippen LogP contribution in [0.3, 0.4) is 0 Å². The number of rotatable bonds is 4. The quantitative estimate of drug-likeness (QED) is 0.865. The number of nitrogens with zero attached hydrogens (tertiary/aromatic N) is 2. The second kappa shape index (κ2) is 7.03. The zero-order valence-corrected chi connectivity index (χ0v) is 15.1. The van der Waals surface area contributed by atoms with Crippen molar-refractivity contribution < 1.29 is 9.69 Å². The smallest absolute Gasteiger partial charge is 0.217 e. The molecule has 1 amide bonds. The number of halogens is 1. The Morgan fingerprint density at radius 1 is 1.43 bits per heavy atom. The standard InChI is InChI=1S/C16H21ClN4OS/c1-11-13(17)3-4-14-15(11)19-16(23-14)21-9-7-20(8-10-21)6-5-18-12(2)22/h3-4H,5-10H2,1-2H3,(H,18,22)/p+1. The summed E-state index contributed by atoms with van der Waals surface area (Å²) in [6.07, 6.45) is 0. The van der Waals surface area contributed by atoms with Gasteiger partial charge in [0, 0.05) is 11.9 Å². The zero-order chi connectivity index (χ0) is 16.4. The number of fused-ring (bicyclic) bond motifs is 1. The Hall–Kier alpha value is -1.37. The Balaban J connectivity index is 1.61. The number of benzene rings is 1. The fraction of sp³-hybridized carbons (Fsp3) is 0.500. The van der Waals surface area contributed by atoms with E-state index in [4.69, 9.17) is 16.6 Å². The average molecular weight is 354 g/mol. The molecule has 2 N–H and O–H groups in total. The van der Waals surface area contributed by atoms with Crippen LogP contribution in [0.15, 0.2) is 12.1 Å². The van der Waals surface area contributed by atoms with Crippen LogP contribution in [0.2, 0.25) is 5.02 Å². The van der Waals surface area contributed by atoms with Gasteiger partial charge in [-0.3, -0.25) is 4.79 Å². The van der Waals surface area contributed by atoms with Crippen LogP contribution in [-0.4, -0.2) is 50.2 Å². The number of anilines is 1. The molecule has 0 radical (unpaired) electrons. The van der Waals surface area contributed by atoms with Gasteiger partial charge in [0.1, 0.15) is 0 Å². The maximum Gasteiger partial charge on any atom is 0.217 e. The van der Waals surface area contributed by atoms with Crippen molar-refractivity contribution in [3.8, 4) is 0 Å². The van der Waals surface area contributed by atoms with Gasteiger partial charge in [0.25, 0.3) is 0 Å². The van der Waals surface area contributed by atoms with E-state index in [1.165, 1.54) is 9.60 Å². The number of hydrogen-bond acceptors (Lipinski definition) is 4. The molecule has 1 aliphatic heterocycles. The van der Waals surface area contributed by atoms with Crippen LogP contribution in [0.25, 0.3) is 10.2 Å². The van der Waals surface area contributed by atoms with E-state index in [-0.39, 0.29) is 5.91 Å². The third-order valence-electron chi connectivity index (χ3n) is 4.33. The second-order valence-electron chi connectivity index (χ2n) is 5.99. The third kappa shape index (κ3) is 3.76. The normalized spacial score (nSPS) is 16.0. The number of aromatic nitrogens is 1. The van der Waals surface area contributed by atoms with E-state index in [0.29, 0.717) is 0 Å². The number of thiazole rings is 1. The molecule has 23 heavy (non-hydrogen) atoms. The van der Waals surface area contributed by atoms with E-state index < -0.39 is 0 Å². The molecule has 124 valence electrons. The van der Waals surface area contributed by atoms with Gasteiger partial charge >= 0.3 is 0 Å². The summed E-state index contributed by atoms with van der Waals surface area (Å²) < 4.78 is 1.20. The van der Waals surface area contributed by atoms with Gasteiger partial charge in [-0.25, -0.2) is 4.98 Å². The Morgan fingerprint density at radius 3 is 2.87 bits per heavy atom. The molecule has 7 heteroatoms. The summed E-state index contributed by atoms with van der Waals surface area (Å²) >= 11 is 7.93. The first-order chi connectivity index (χ1) is 11.0. The van der Waals surface area contributed by atoms with E-state index >= 15 is 0 Å². The predicted octanol–water partition coefficient (Wildman–Crippen LogP) is 1.10. The van der Waals surface area contributed by atoms with Gasteiger partial charge in [-0.15, -0.1) is 0 Å². The maximum absolute atomic E-state index is 10.9. The summed E-state index contributed by atoms with van der Waals surface area (Å²) in [5, 5.41) is 4.74. The van der Waals surface area contributed by atoms with E-state index in [2.05, 4.69) is 16.3 Å². The van der Waals surface area contributed by atoms with Crippen LogP contribution >= 0.6 is 22.9 Å². The number of aryl methyl sites for hydroxylation is 1. The summed E-state index contributed by atoms with van der Waals surface area (Å²) in [6.45, 7) is 9.49. The average Bonchev–Trinajstić information content (AvgIpc) is 2.96. The number of quaternary nitrogens is 1. The fourth-order valence-electron chi connectivity index (χ4n) is 2.90. The number of amides is 1. The van der Waals surface area contributed by atoms with Crippen molar-refractivity contribution in [3.63, 3.8) is 0 Å². The van der Waals surface area contributed by atoms with Gasteiger partial charge < -0.3 is 15.1 Å². The summed E-state index contributed by atoms with van der Waals surface area (Å²) in [6, 6.07) is 4.01. The van der Waals surface area contributed by atoms with Crippen LogP contribution in [0, 0.1) is 6.92 Å². The molecule has 2 aromatic rings. The molecule has 0 bridgehead atoms. The predicted molar refractivity (Wildman–Crippen MR) is 95.8 cm³/mol. The monoisotopic (exact) mass is 353 g/mol. The van der Waals surface area contributed by atoms with E-state index in [9.17, 15) is 4.79 Å². The molecule has 0 atom stereocenters. The molecule has 1 fully saturated rings. The molecule has 1 aliphatic rings. The molecule has 2 heterocycles. The van der Waals surface area contributed by atoms with E-state index in [0.717, 1.165) is 60.5 Å². The van der Waals surface area contributed by atoms with Crippen LogP contribution in [0.5, 0.6) is 0 Å². The SMILES string of the molecule is CC(=O)NCC[NH+]1CCN(c2nc3c(C)c(Cl)ccc3s2)CC1. The number of carbonyl (C=O) groups is 1. The third-order valence-corrected chi connectivity index (χ3v) is 5.82. The minimum atomic E-state index is 0.0477. The first-order valence-corrected chi connectivity index (χ1v) is 9.12. The van der Waals surface area contributed by atoms with Crippen LogP contribution in [0.1, 0.15) is 12.5 Å². The molecule has 5 nitrogen and oxygen atoms in total. The highest BCUT2D eigenvalue weighted by atomic mass is 35.5. The number of piperazine rings is 1. The van der Waals surface area contributed by atoms with Crippen LogP contribution in [-0.2, 0) is 4.79 Å². The first kappa shape index (κ1) is 16.5. The number of carbonyl (C=O) groups excluding carboxylic acids is 1. The molecule has 1 aromatic carbocycles. The van der Waals surface area contributed by atoms with Gasteiger partial charge in [-0.2, -0.15) is 0 Å². The van der Waals surface area contributed by atoms with Crippen molar-refractivity contribution in [2.75, 3.05) is 44.2 Å². The lowest BCUT2D eigenvalue weighted by molar-refractivity contribution is -0.899.